The number of likely N-dealkylation sites (tertiary alicyclic amines) is 1. The second-order valence-corrected chi connectivity index (χ2v) is 6.59. The Bertz CT molecular complexity index is 534. The van der Waals surface area contributed by atoms with Crippen molar-refractivity contribution in [2.24, 2.45) is 4.99 Å². The number of likely N-dealkylation sites (N-methyl/N-ethyl adjacent to an activating group) is 2. The minimum Gasteiger partial charge on any atom is -0.357 e. The highest BCUT2D eigenvalue weighted by Gasteiger charge is 2.24. The molecule has 25 heavy (non-hydrogen) atoms. The number of nitrogens with zero attached hydrogens (tertiary/aromatic N) is 4. The second-order valence-electron chi connectivity index (χ2n) is 6.59. The third kappa shape index (κ3) is 6.73. The van der Waals surface area contributed by atoms with E-state index in [1.54, 1.807) is 0 Å². The normalized spacial score (nSPS) is 18.1. The van der Waals surface area contributed by atoms with Crippen LogP contribution in [0, 0.1) is 6.92 Å². The zero-order valence-corrected chi connectivity index (χ0v) is 18.5. The number of halogens is 1. The third-order valence-electron chi connectivity index (χ3n) is 4.87. The molecule has 142 valence electrons. The molecule has 5 nitrogen and oxygen atoms in total. The number of aromatic nitrogens is 1. The van der Waals surface area contributed by atoms with Crippen LogP contribution in [-0.4, -0.2) is 66.6 Å². The van der Waals surface area contributed by atoms with Gasteiger partial charge in [-0.3, -0.25) is 14.9 Å². The summed E-state index contributed by atoms with van der Waals surface area (Å²) in [5.74, 6) is 1.02. The van der Waals surface area contributed by atoms with Crippen molar-refractivity contribution in [3.8, 4) is 0 Å². The molecule has 1 aliphatic heterocycles. The molecule has 1 aromatic rings. The van der Waals surface area contributed by atoms with E-state index in [0.29, 0.717) is 6.04 Å². The largest absolute Gasteiger partial charge is 0.357 e. The van der Waals surface area contributed by atoms with E-state index >= 15 is 0 Å². The van der Waals surface area contributed by atoms with Crippen LogP contribution in [-0.2, 0) is 6.42 Å². The maximum atomic E-state index is 4.84. The molecule has 0 amide bonds. The van der Waals surface area contributed by atoms with Crippen LogP contribution in [0.5, 0.6) is 0 Å². The topological polar surface area (TPSA) is 43.8 Å². The molecular formula is C19H34IN5. The highest BCUT2D eigenvalue weighted by Crippen LogP contribution is 2.17. The number of pyridine rings is 1. The Labute approximate surface area is 170 Å². The summed E-state index contributed by atoms with van der Waals surface area (Å²) >= 11 is 0. The predicted molar refractivity (Wildman–Crippen MR) is 117 cm³/mol. The summed E-state index contributed by atoms with van der Waals surface area (Å²) in [6.07, 6.45) is 7.37. The molecule has 0 aromatic carbocycles. The lowest BCUT2D eigenvalue weighted by Crippen LogP contribution is -2.46. The van der Waals surface area contributed by atoms with Crippen LogP contribution in [0.1, 0.15) is 37.8 Å². The van der Waals surface area contributed by atoms with E-state index < -0.39 is 0 Å². The van der Waals surface area contributed by atoms with Crippen molar-refractivity contribution >= 4 is 29.9 Å². The Balaban J connectivity index is 0.00000312. The number of aliphatic imine (C=N–C) groups is 1. The Morgan fingerprint density at radius 1 is 1.44 bits per heavy atom. The molecule has 1 aliphatic rings. The van der Waals surface area contributed by atoms with Gasteiger partial charge in [0.25, 0.3) is 0 Å². The van der Waals surface area contributed by atoms with Gasteiger partial charge in [0.1, 0.15) is 0 Å². The number of hydrogen-bond donors (Lipinski definition) is 1. The molecule has 2 heterocycles. The van der Waals surface area contributed by atoms with Gasteiger partial charge in [-0.15, -0.1) is 24.0 Å². The predicted octanol–water partition coefficient (Wildman–Crippen LogP) is 2.93. The summed E-state index contributed by atoms with van der Waals surface area (Å²) in [6, 6.07) is 2.75. The molecule has 0 aliphatic carbocycles. The standard InChI is InChI=1S/C19H33N5.HI/c1-5-21-19(22-12-10-17-9-11-20-14-16(17)3)23(4)15-18-8-7-13-24(18)6-2;/h9,11,14,18H,5-8,10,12-13,15H2,1-4H3,(H,21,22);1H. The summed E-state index contributed by atoms with van der Waals surface area (Å²) in [4.78, 5) is 13.9. The maximum Gasteiger partial charge on any atom is 0.193 e. The number of nitrogens with one attached hydrogen (secondary N) is 1. The molecule has 0 radical (unpaired) electrons. The molecule has 1 fully saturated rings. The molecule has 6 heteroatoms. The van der Waals surface area contributed by atoms with E-state index in [2.05, 4.69) is 54.0 Å². The lowest BCUT2D eigenvalue weighted by Gasteiger charge is -2.29. The van der Waals surface area contributed by atoms with Gasteiger partial charge < -0.3 is 10.2 Å². The monoisotopic (exact) mass is 459 g/mol. The first-order chi connectivity index (χ1) is 11.7. The van der Waals surface area contributed by atoms with Crippen molar-refractivity contribution in [1.29, 1.82) is 0 Å². The van der Waals surface area contributed by atoms with Gasteiger partial charge in [-0.05, 0) is 63.4 Å². The molecule has 0 spiro atoms. The lowest BCUT2D eigenvalue weighted by atomic mass is 10.1. The molecular weight excluding hydrogens is 425 g/mol. The molecule has 1 atom stereocenters. The van der Waals surface area contributed by atoms with E-state index in [-0.39, 0.29) is 24.0 Å². The fraction of sp³-hybridized carbons (Fsp3) is 0.684. The van der Waals surface area contributed by atoms with Crippen LogP contribution in [0.2, 0.25) is 0 Å². The van der Waals surface area contributed by atoms with Gasteiger partial charge in [-0.2, -0.15) is 0 Å². The zero-order chi connectivity index (χ0) is 17.4. The summed E-state index contributed by atoms with van der Waals surface area (Å²) < 4.78 is 0. The fourth-order valence-corrected chi connectivity index (χ4v) is 3.46. The summed E-state index contributed by atoms with van der Waals surface area (Å²) in [5, 5.41) is 3.44. The summed E-state index contributed by atoms with van der Waals surface area (Å²) in [7, 11) is 2.16. The average Bonchev–Trinajstić information content (AvgIpc) is 3.02. The van der Waals surface area contributed by atoms with Crippen molar-refractivity contribution in [1.82, 2.24) is 20.1 Å². The number of aryl methyl sites for hydroxylation is 1. The second kappa shape index (κ2) is 11.7. The van der Waals surface area contributed by atoms with Crippen LogP contribution in [0.3, 0.4) is 0 Å². The highest BCUT2D eigenvalue weighted by atomic mass is 127. The molecule has 0 bridgehead atoms. The molecule has 1 aromatic heterocycles. The van der Waals surface area contributed by atoms with Crippen molar-refractivity contribution < 1.29 is 0 Å². The number of rotatable bonds is 7. The average molecular weight is 459 g/mol. The van der Waals surface area contributed by atoms with Gasteiger partial charge in [0.05, 0.1) is 0 Å². The summed E-state index contributed by atoms with van der Waals surface area (Å²) in [6.45, 7) is 11.6. The van der Waals surface area contributed by atoms with Crippen molar-refractivity contribution in [3.63, 3.8) is 0 Å². The van der Waals surface area contributed by atoms with Crippen LogP contribution in [0.4, 0.5) is 0 Å². The highest BCUT2D eigenvalue weighted by molar-refractivity contribution is 14.0. The van der Waals surface area contributed by atoms with Crippen molar-refractivity contribution in [3.05, 3.63) is 29.6 Å². The van der Waals surface area contributed by atoms with E-state index in [1.165, 1.54) is 30.5 Å². The molecule has 1 N–H and O–H groups in total. The van der Waals surface area contributed by atoms with E-state index in [0.717, 1.165) is 38.6 Å². The van der Waals surface area contributed by atoms with Gasteiger partial charge in [0.2, 0.25) is 0 Å². The first-order valence-electron chi connectivity index (χ1n) is 9.28. The van der Waals surface area contributed by atoms with Gasteiger partial charge in [-0.25, -0.2) is 0 Å². The van der Waals surface area contributed by atoms with Crippen LogP contribution >= 0.6 is 24.0 Å². The Morgan fingerprint density at radius 3 is 2.92 bits per heavy atom. The summed E-state index contributed by atoms with van der Waals surface area (Å²) in [5.41, 5.74) is 2.58. The van der Waals surface area contributed by atoms with E-state index in [1.807, 2.05) is 12.4 Å². The van der Waals surface area contributed by atoms with Gasteiger partial charge in [-0.1, -0.05) is 6.92 Å². The Kier molecular flexibility index (Phi) is 10.3. The Morgan fingerprint density at radius 2 is 2.24 bits per heavy atom. The molecule has 1 unspecified atom stereocenters. The zero-order valence-electron chi connectivity index (χ0n) is 16.2. The SMILES string of the molecule is CCNC(=NCCc1ccncc1C)N(C)CC1CCCN1CC.I. The Hall–Kier alpha value is -0.890. The quantitative estimate of drug-likeness (QED) is 0.387. The molecule has 1 saturated heterocycles. The smallest absolute Gasteiger partial charge is 0.193 e. The lowest BCUT2D eigenvalue weighted by molar-refractivity contribution is 0.232. The van der Waals surface area contributed by atoms with E-state index in [9.17, 15) is 0 Å². The number of hydrogen-bond acceptors (Lipinski definition) is 3. The van der Waals surface area contributed by atoms with Gasteiger partial charge in [0.15, 0.2) is 5.96 Å². The minimum absolute atomic E-state index is 0. The van der Waals surface area contributed by atoms with E-state index in [4.69, 9.17) is 4.99 Å². The van der Waals surface area contributed by atoms with Gasteiger partial charge in [0, 0.05) is 45.1 Å². The van der Waals surface area contributed by atoms with Gasteiger partial charge >= 0.3 is 0 Å². The van der Waals surface area contributed by atoms with Crippen LogP contribution < -0.4 is 5.32 Å². The maximum absolute atomic E-state index is 4.84. The molecule has 0 saturated carbocycles. The first kappa shape index (κ1) is 22.2. The minimum atomic E-state index is 0. The van der Waals surface area contributed by atoms with Crippen molar-refractivity contribution in [2.45, 2.75) is 46.1 Å². The molecule has 2 rings (SSSR count). The number of guanidine groups is 1. The van der Waals surface area contributed by atoms with Crippen molar-refractivity contribution in [2.75, 3.05) is 39.8 Å². The first-order valence-corrected chi connectivity index (χ1v) is 9.28. The fourth-order valence-electron chi connectivity index (χ4n) is 3.46. The van der Waals surface area contributed by atoms with Crippen LogP contribution in [0.15, 0.2) is 23.5 Å². The van der Waals surface area contributed by atoms with Crippen LogP contribution in [0.25, 0.3) is 0 Å². The third-order valence-corrected chi connectivity index (χ3v) is 4.87.